The SMILES string of the molecule is CCN(CC)c1nc(NC)nc(-c2cccc(C)c2)n1. The molecule has 1 aromatic heterocycles. The van der Waals surface area contributed by atoms with Crippen molar-refractivity contribution in [3.05, 3.63) is 29.8 Å². The number of hydrogen-bond donors (Lipinski definition) is 1. The van der Waals surface area contributed by atoms with Gasteiger partial charge in [0, 0.05) is 25.7 Å². The highest BCUT2D eigenvalue weighted by Crippen LogP contribution is 2.20. The fraction of sp³-hybridized carbons (Fsp3) is 0.400. The van der Waals surface area contributed by atoms with Crippen LogP contribution < -0.4 is 10.2 Å². The first-order chi connectivity index (χ1) is 9.67. The first kappa shape index (κ1) is 14.2. The summed E-state index contributed by atoms with van der Waals surface area (Å²) in [4.78, 5) is 15.6. The van der Waals surface area contributed by atoms with E-state index in [1.807, 2.05) is 19.2 Å². The van der Waals surface area contributed by atoms with Gasteiger partial charge in [-0.1, -0.05) is 23.8 Å². The van der Waals surface area contributed by atoms with Crippen LogP contribution in [0.3, 0.4) is 0 Å². The van der Waals surface area contributed by atoms with Crippen molar-refractivity contribution in [1.82, 2.24) is 15.0 Å². The summed E-state index contributed by atoms with van der Waals surface area (Å²) in [5, 5.41) is 3.01. The maximum absolute atomic E-state index is 4.60. The predicted octanol–water partition coefficient (Wildman–Crippen LogP) is 2.73. The number of aromatic nitrogens is 3. The molecule has 2 aromatic rings. The molecule has 0 spiro atoms. The van der Waals surface area contributed by atoms with Crippen LogP contribution in [0.2, 0.25) is 0 Å². The van der Waals surface area contributed by atoms with E-state index >= 15 is 0 Å². The first-order valence-electron chi connectivity index (χ1n) is 6.93. The summed E-state index contributed by atoms with van der Waals surface area (Å²) < 4.78 is 0. The Morgan fingerprint density at radius 2 is 1.85 bits per heavy atom. The fourth-order valence-corrected chi connectivity index (χ4v) is 2.04. The van der Waals surface area contributed by atoms with E-state index in [9.17, 15) is 0 Å². The number of rotatable bonds is 5. The molecule has 106 valence electrons. The third-order valence-corrected chi connectivity index (χ3v) is 3.17. The zero-order chi connectivity index (χ0) is 14.5. The molecular formula is C15H21N5. The molecular weight excluding hydrogens is 250 g/mol. The van der Waals surface area contributed by atoms with E-state index in [0.717, 1.165) is 18.7 Å². The number of aryl methyl sites for hydroxylation is 1. The Labute approximate surface area is 120 Å². The van der Waals surface area contributed by atoms with E-state index in [2.05, 4.69) is 58.1 Å². The van der Waals surface area contributed by atoms with Gasteiger partial charge in [0.05, 0.1) is 0 Å². The van der Waals surface area contributed by atoms with Crippen LogP contribution in [0.5, 0.6) is 0 Å². The summed E-state index contributed by atoms with van der Waals surface area (Å²) in [5.74, 6) is 2.01. The van der Waals surface area contributed by atoms with E-state index < -0.39 is 0 Å². The molecule has 1 heterocycles. The highest BCUT2D eigenvalue weighted by atomic mass is 15.3. The Bertz CT molecular complexity index is 578. The second-order valence-corrected chi connectivity index (χ2v) is 4.57. The molecule has 0 saturated heterocycles. The van der Waals surface area contributed by atoms with Crippen molar-refractivity contribution >= 4 is 11.9 Å². The van der Waals surface area contributed by atoms with Gasteiger partial charge in [0.1, 0.15) is 0 Å². The number of nitrogens with zero attached hydrogens (tertiary/aromatic N) is 4. The number of nitrogens with one attached hydrogen (secondary N) is 1. The highest BCUT2D eigenvalue weighted by molar-refractivity contribution is 5.59. The Morgan fingerprint density at radius 1 is 1.10 bits per heavy atom. The van der Waals surface area contributed by atoms with E-state index in [1.165, 1.54) is 5.56 Å². The summed E-state index contributed by atoms with van der Waals surface area (Å²) in [6.07, 6.45) is 0. The minimum absolute atomic E-state index is 0.596. The summed E-state index contributed by atoms with van der Waals surface area (Å²) in [7, 11) is 1.82. The molecule has 0 fully saturated rings. The van der Waals surface area contributed by atoms with Gasteiger partial charge in [-0.3, -0.25) is 0 Å². The lowest BCUT2D eigenvalue weighted by Gasteiger charge is -2.19. The second kappa shape index (κ2) is 6.32. The van der Waals surface area contributed by atoms with Gasteiger partial charge in [-0.2, -0.15) is 15.0 Å². The van der Waals surface area contributed by atoms with Gasteiger partial charge in [-0.25, -0.2) is 0 Å². The molecule has 0 aliphatic rings. The standard InChI is InChI=1S/C15H21N5/c1-5-20(6-2)15-18-13(17-14(16-4)19-15)12-9-7-8-11(3)10-12/h7-10H,5-6H2,1-4H3,(H,16,17,18,19). The number of benzene rings is 1. The molecule has 0 saturated carbocycles. The van der Waals surface area contributed by atoms with Gasteiger partial charge in [-0.05, 0) is 26.8 Å². The third kappa shape index (κ3) is 3.04. The Hall–Kier alpha value is -2.17. The minimum Gasteiger partial charge on any atom is -0.357 e. The van der Waals surface area contributed by atoms with Crippen molar-refractivity contribution in [3.8, 4) is 11.4 Å². The summed E-state index contributed by atoms with van der Waals surface area (Å²) >= 11 is 0. The molecule has 20 heavy (non-hydrogen) atoms. The summed E-state index contributed by atoms with van der Waals surface area (Å²) in [6.45, 7) is 8.00. The van der Waals surface area contributed by atoms with Crippen molar-refractivity contribution in [2.75, 3.05) is 30.4 Å². The molecule has 0 unspecified atom stereocenters. The van der Waals surface area contributed by atoms with Gasteiger partial charge in [0.15, 0.2) is 5.82 Å². The van der Waals surface area contributed by atoms with Crippen LogP contribution >= 0.6 is 0 Å². The topological polar surface area (TPSA) is 53.9 Å². The van der Waals surface area contributed by atoms with Crippen molar-refractivity contribution in [3.63, 3.8) is 0 Å². The predicted molar refractivity (Wildman–Crippen MR) is 83.1 cm³/mol. The van der Waals surface area contributed by atoms with Gasteiger partial charge >= 0.3 is 0 Å². The lowest BCUT2D eigenvalue weighted by molar-refractivity contribution is 0.815. The van der Waals surface area contributed by atoms with Crippen LogP contribution in [-0.4, -0.2) is 35.1 Å². The van der Waals surface area contributed by atoms with Crippen LogP contribution in [0, 0.1) is 6.92 Å². The molecule has 0 amide bonds. The van der Waals surface area contributed by atoms with Crippen molar-refractivity contribution < 1.29 is 0 Å². The lowest BCUT2D eigenvalue weighted by Crippen LogP contribution is -2.25. The molecule has 5 nitrogen and oxygen atoms in total. The summed E-state index contributed by atoms with van der Waals surface area (Å²) in [6, 6.07) is 8.19. The van der Waals surface area contributed by atoms with E-state index in [4.69, 9.17) is 0 Å². The number of hydrogen-bond acceptors (Lipinski definition) is 5. The molecule has 1 N–H and O–H groups in total. The van der Waals surface area contributed by atoms with Gasteiger partial charge in [-0.15, -0.1) is 0 Å². The fourth-order valence-electron chi connectivity index (χ4n) is 2.04. The lowest BCUT2D eigenvalue weighted by atomic mass is 10.1. The molecule has 1 aromatic carbocycles. The van der Waals surface area contributed by atoms with E-state index in [1.54, 1.807) is 0 Å². The maximum atomic E-state index is 4.60. The number of anilines is 2. The zero-order valence-corrected chi connectivity index (χ0v) is 12.5. The van der Waals surface area contributed by atoms with Crippen LogP contribution in [-0.2, 0) is 0 Å². The molecule has 0 bridgehead atoms. The third-order valence-electron chi connectivity index (χ3n) is 3.17. The van der Waals surface area contributed by atoms with Crippen LogP contribution in [0.1, 0.15) is 19.4 Å². The first-order valence-corrected chi connectivity index (χ1v) is 6.93. The Kier molecular flexibility index (Phi) is 4.50. The van der Waals surface area contributed by atoms with Gasteiger partial charge < -0.3 is 10.2 Å². The molecule has 0 aliphatic heterocycles. The monoisotopic (exact) mass is 271 g/mol. The zero-order valence-electron chi connectivity index (χ0n) is 12.5. The van der Waals surface area contributed by atoms with Crippen molar-refractivity contribution in [2.24, 2.45) is 0 Å². The molecule has 0 radical (unpaired) electrons. The average Bonchev–Trinajstić information content (AvgIpc) is 2.48. The van der Waals surface area contributed by atoms with Crippen LogP contribution in [0.25, 0.3) is 11.4 Å². The highest BCUT2D eigenvalue weighted by Gasteiger charge is 2.11. The normalized spacial score (nSPS) is 10.4. The molecule has 5 heteroatoms. The Balaban J connectivity index is 2.50. The molecule has 2 rings (SSSR count). The molecule has 0 aliphatic carbocycles. The van der Waals surface area contributed by atoms with Gasteiger partial charge in [0.25, 0.3) is 0 Å². The average molecular weight is 271 g/mol. The Morgan fingerprint density at radius 3 is 2.45 bits per heavy atom. The maximum Gasteiger partial charge on any atom is 0.230 e. The second-order valence-electron chi connectivity index (χ2n) is 4.57. The van der Waals surface area contributed by atoms with Crippen molar-refractivity contribution in [2.45, 2.75) is 20.8 Å². The quantitative estimate of drug-likeness (QED) is 0.906. The summed E-state index contributed by atoms with van der Waals surface area (Å²) in [5.41, 5.74) is 2.20. The smallest absolute Gasteiger partial charge is 0.230 e. The van der Waals surface area contributed by atoms with Crippen molar-refractivity contribution in [1.29, 1.82) is 0 Å². The molecule has 0 atom stereocenters. The van der Waals surface area contributed by atoms with Crippen LogP contribution in [0.15, 0.2) is 24.3 Å². The van der Waals surface area contributed by atoms with Gasteiger partial charge in [0.2, 0.25) is 11.9 Å². The largest absolute Gasteiger partial charge is 0.357 e. The van der Waals surface area contributed by atoms with E-state index in [0.29, 0.717) is 17.7 Å². The minimum atomic E-state index is 0.596. The van der Waals surface area contributed by atoms with E-state index in [-0.39, 0.29) is 0 Å². The van der Waals surface area contributed by atoms with Crippen LogP contribution in [0.4, 0.5) is 11.9 Å².